The molecule has 0 aliphatic carbocycles. The highest BCUT2D eigenvalue weighted by molar-refractivity contribution is 5.94. The largest absolute Gasteiger partial charge is 0.416 e. The van der Waals surface area contributed by atoms with Crippen molar-refractivity contribution in [2.45, 2.75) is 12.7 Å². The van der Waals surface area contributed by atoms with Crippen molar-refractivity contribution in [3.05, 3.63) is 65.2 Å². The molecule has 1 aliphatic rings. The first-order valence-electron chi connectivity index (χ1n) is 8.39. The van der Waals surface area contributed by atoms with Crippen molar-refractivity contribution in [1.82, 2.24) is 4.90 Å². The van der Waals surface area contributed by atoms with Gasteiger partial charge >= 0.3 is 6.18 Å². The van der Waals surface area contributed by atoms with Crippen LogP contribution in [0.4, 0.5) is 18.9 Å². The number of nitrogens with two attached hydrogens (primary N) is 1. The molecule has 1 saturated heterocycles. The van der Waals surface area contributed by atoms with Gasteiger partial charge in [0.15, 0.2) is 0 Å². The van der Waals surface area contributed by atoms with Gasteiger partial charge in [0.2, 0.25) is 0 Å². The first-order chi connectivity index (χ1) is 12.4. The number of carbonyl (C=O) groups is 1. The van der Waals surface area contributed by atoms with Gasteiger partial charge in [0.05, 0.1) is 5.56 Å². The van der Waals surface area contributed by atoms with Gasteiger partial charge in [0.25, 0.3) is 5.91 Å². The van der Waals surface area contributed by atoms with E-state index in [1.165, 1.54) is 12.1 Å². The smallest absolute Gasteiger partial charge is 0.368 e. The van der Waals surface area contributed by atoms with Crippen molar-refractivity contribution < 1.29 is 18.0 Å². The van der Waals surface area contributed by atoms with Crippen molar-refractivity contribution in [1.29, 1.82) is 0 Å². The van der Waals surface area contributed by atoms with Gasteiger partial charge in [-0.05, 0) is 42.0 Å². The molecule has 26 heavy (non-hydrogen) atoms. The molecule has 1 heterocycles. The molecule has 4 nitrogen and oxygen atoms in total. The number of hydrogen-bond acceptors (Lipinski definition) is 3. The van der Waals surface area contributed by atoms with Crippen LogP contribution in [0.5, 0.6) is 0 Å². The van der Waals surface area contributed by atoms with Crippen LogP contribution in [0.1, 0.15) is 21.5 Å². The Kier molecular flexibility index (Phi) is 5.18. The van der Waals surface area contributed by atoms with Gasteiger partial charge in [-0.1, -0.05) is 12.1 Å². The van der Waals surface area contributed by atoms with Crippen LogP contribution in [0, 0.1) is 0 Å². The molecule has 0 aromatic heterocycles. The van der Waals surface area contributed by atoms with Crippen LogP contribution in [0.15, 0.2) is 48.5 Å². The molecule has 138 valence electrons. The molecular formula is C19H20F3N3O. The van der Waals surface area contributed by atoms with E-state index in [2.05, 4.69) is 0 Å². The van der Waals surface area contributed by atoms with E-state index in [9.17, 15) is 18.0 Å². The lowest BCUT2D eigenvalue weighted by molar-refractivity contribution is -0.137. The van der Waals surface area contributed by atoms with Crippen LogP contribution < -0.4 is 10.6 Å². The minimum absolute atomic E-state index is 0.0411. The van der Waals surface area contributed by atoms with Crippen LogP contribution in [-0.4, -0.2) is 37.0 Å². The highest BCUT2D eigenvalue weighted by Crippen LogP contribution is 2.30. The topological polar surface area (TPSA) is 49.6 Å². The summed E-state index contributed by atoms with van der Waals surface area (Å²) in [5, 5.41) is 0. The van der Waals surface area contributed by atoms with E-state index in [0.29, 0.717) is 38.3 Å². The molecule has 2 aromatic rings. The Balaban J connectivity index is 1.60. The maximum atomic E-state index is 12.6. The predicted octanol–water partition coefficient (Wildman–Crippen LogP) is 3.13. The highest BCUT2D eigenvalue weighted by atomic mass is 19.4. The Morgan fingerprint density at radius 2 is 1.50 bits per heavy atom. The first-order valence-corrected chi connectivity index (χ1v) is 8.39. The Hall–Kier alpha value is -2.54. The second kappa shape index (κ2) is 7.37. The van der Waals surface area contributed by atoms with Crippen molar-refractivity contribution in [2.75, 3.05) is 31.1 Å². The zero-order valence-electron chi connectivity index (χ0n) is 14.2. The molecule has 0 saturated carbocycles. The fourth-order valence-corrected chi connectivity index (χ4v) is 2.99. The summed E-state index contributed by atoms with van der Waals surface area (Å²) in [6, 6.07) is 12.4. The number of alkyl halides is 3. The molecule has 0 atom stereocenters. The number of piperazine rings is 1. The summed E-state index contributed by atoms with van der Waals surface area (Å²) in [5.41, 5.74) is 7.22. The third-order valence-electron chi connectivity index (χ3n) is 4.56. The van der Waals surface area contributed by atoms with E-state index < -0.39 is 11.7 Å². The second-order valence-corrected chi connectivity index (χ2v) is 6.22. The van der Waals surface area contributed by atoms with E-state index >= 15 is 0 Å². The summed E-state index contributed by atoms with van der Waals surface area (Å²) in [5.74, 6) is -0.0411. The average molecular weight is 363 g/mol. The van der Waals surface area contributed by atoms with Gasteiger partial charge in [0, 0.05) is 44.0 Å². The van der Waals surface area contributed by atoms with E-state index in [1.807, 2.05) is 17.0 Å². The number of rotatable bonds is 3. The maximum Gasteiger partial charge on any atom is 0.416 e. The molecule has 3 rings (SSSR count). The number of hydrogen-bond donors (Lipinski definition) is 1. The molecule has 2 aromatic carbocycles. The van der Waals surface area contributed by atoms with Gasteiger partial charge in [-0.15, -0.1) is 0 Å². The quantitative estimate of drug-likeness (QED) is 0.912. The van der Waals surface area contributed by atoms with Crippen LogP contribution in [0.3, 0.4) is 0 Å². The molecule has 0 bridgehead atoms. The van der Waals surface area contributed by atoms with E-state index in [0.717, 1.165) is 23.4 Å². The van der Waals surface area contributed by atoms with Crippen LogP contribution >= 0.6 is 0 Å². The monoisotopic (exact) mass is 363 g/mol. The minimum Gasteiger partial charge on any atom is -0.368 e. The molecule has 1 fully saturated rings. The summed E-state index contributed by atoms with van der Waals surface area (Å²) in [4.78, 5) is 16.3. The fraction of sp³-hybridized carbons (Fsp3) is 0.316. The van der Waals surface area contributed by atoms with Gasteiger partial charge in [-0.25, -0.2) is 0 Å². The maximum absolute atomic E-state index is 12.6. The third kappa shape index (κ3) is 3.99. The molecule has 0 radical (unpaired) electrons. The lowest BCUT2D eigenvalue weighted by Crippen LogP contribution is -2.48. The van der Waals surface area contributed by atoms with Gasteiger partial charge in [-0.3, -0.25) is 4.79 Å². The Morgan fingerprint density at radius 3 is 2.00 bits per heavy atom. The minimum atomic E-state index is -4.33. The Bertz CT molecular complexity index is 749. The Labute approximate surface area is 150 Å². The number of amides is 1. The predicted molar refractivity (Wildman–Crippen MR) is 93.9 cm³/mol. The Morgan fingerprint density at radius 1 is 0.923 bits per heavy atom. The van der Waals surface area contributed by atoms with Crippen molar-refractivity contribution >= 4 is 11.6 Å². The van der Waals surface area contributed by atoms with Crippen LogP contribution in [-0.2, 0) is 12.7 Å². The number of nitrogens with zero attached hydrogens (tertiary/aromatic N) is 2. The lowest BCUT2D eigenvalue weighted by atomic mass is 10.1. The summed E-state index contributed by atoms with van der Waals surface area (Å²) in [6.45, 7) is 2.65. The van der Waals surface area contributed by atoms with Gasteiger partial charge < -0.3 is 15.5 Å². The van der Waals surface area contributed by atoms with Gasteiger partial charge in [-0.2, -0.15) is 13.2 Å². The van der Waals surface area contributed by atoms with Crippen molar-refractivity contribution in [2.24, 2.45) is 5.73 Å². The number of halogens is 3. The number of carbonyl (C=O) groups excluding carboxylic acids is 1. The van der Waals surface area contributed by atoms with Crippen molar-refractivity contribution in [3.63, 3.8) is 0 Å². The molecule has 2 N–H and O–H groups in total. The lowest BCUT2D eigenvalue weighted by Gasteiger charge is -2.36. The van der Waals surface area contributed by atoms with Gasteiger partial charge in [0.1, 0.15) is 0 Å². The van der Waals surface area contributed by atoms with E-state index in [1.54, 1.807) is 17.0 Å². The summed E-state index contributed by atoms with van der Waals surface area (Å²) < 4.78 is 37.9. The molecule has 7 heteroatoms. The summed E-state index contributed by atoms with van der Waals surface area (Å²) in [7, 11) is 0. The normalized spacial score (nSPS) is 15.2. The zero-order chi connectivity index (χ0) is 18.7. The highest BCUT2D eigenvalue weighted by Gasteiger charge is 2.30. The molecule has 1 aliphatic heterocycles. The molecular weight excluding hydrogens is 343 g/mol. The first kappa shape index (κ1) is 18.3. The molecule has 0 spiro atoms. The molecule has 0 unspecified atom stereocenters. The second-order valence-electron chi connectivity index (χ2n) is 6.22. The molecule has 1 amide bonds. The number of anilines is 1. The SMILES string of the molecule is NCc1ccc(C(=O)N2CCN(c3ccc(C(F)(F)F)cc3)CC2)cc1. The summed E-state index contributed by atoms with van der Waals surface area (Å²) in [6.07, 6.45) is -4.33. The number of benzene rings is 2. The summed E-state index contributed by atoms with van der Waals surface area (Å²) >= 11 is 0. The standard InChI is InChI=1S/C19H20F3N3O/c20-19(21,22)16-5-7-17(8-6-16)24-9-11-25(12-10-24)18(26)15-3-1-14(13-23)2-4-15/h1-8H,9-13,23H2. The van der Waals surface area contributed by atoms with Crippen molar-refractivity contribution in [3.8, 4) is 0 Å². The zero-order valence-corrected chi connectivity index (χ0v) is 14.2. The van der Waals surface area contributed by atoms with Crippen LogP contribution in [0.2, 0.25) is 0 Å². The average Bonchev–Trinajstić information content (AvgIpc) is 2.67. The van der Waals surface area contributed by atoms with E-state index in [-0.39, 0.29) is 5.91 Å². The third-order valence-corrected chi connectivity index (χ3v) is 4.56. The fourth-order valence-electron chi connectivity index (χ4n) is 2.99. The van der Waals surface area contributed by atoms with E-state index in [4.69, 9.17) is 5.73 Å². The van der Waals surface area contributed by atoms with Crippen LogP contribution in [0.25, 0.3) is 0 Å².